The molecule has 0 radical (unpaired) electrons. The fourth-order valence-electron chi connectivity index (χ4n) is 3.62. The molecule has 0 saturated carbocycles. The predicted octanol–water partition coefficient (Wildman–Crippen LogP) is 6.00. The van der Waals surface area contributed by atoms with Crippen molar-refractivity contribution in [3.63, 3.8) is 0 Å². The molecular weight excluding hydrogens is 487 g/mol. The second-order valence-corrected chi connectivity index (χ2v) is 9.67. The smallest absolute Gasteiger partial charge is 0.243 e. The minimum atomic E-state index is -0.644. The minimum absolute atomic E-state index is 0.107. The van der Waals surface area contributed by atoms with Gasteiger partial charge in [-0.3, -0.25) is 9.59 Å². The van der Waals surface area contributed by atoms with Gasteiger partial charge in [0.25, 0.3) is 0 Å². The average molecular weight is 516 g/mol. The van der Waals surface area contributed by atoms with Crippen LogP contribution in [-0.4, -0.2) is 35.1 Å². The van der Waals surface area contributed by atoms with Gasteiger partial charge in [0, 0.05) is 35.3 Å². The SMILES string of the molecule is CCNC(=O)C(Cc1ccccc1)N(Cc1cccc(Cl)c1)C(=O)CSCc1ccccc1Cl. The van der Waals surface area contributed by atoms with Gasteiger partial charge in [-0.05, 0) is 41.8 Å². The van der Waals surface area contributed by atoms with Crippen LogP contribution in [0.2, 0.25) is 10.0 Å². The molecule has 3 aromatic carbocycles. The summed E-state index contributed by atoms with van der Waals surface area (Å²) in [6.07, 6.45) is 0.425. The second-order valence-electron chi connectivity index (χ2n) is 7.84. The molecule has 7 heteroatoms. The molecule has 3 rings (SSSR count). The first-order valence-electron chi connectivity index (χ1n) is 11.1. The first kappa shape index (κ1) is 26.1. The van der Waals surface area contributed by atoms with Gasteiger partial charge in [-0.25, -0.2) is 0 Å². The molecular formula is C27H28Cl2N2O2S. The lowest BCUT2D eigenvalue weighted by Crippen LogP contribution is -2.51. The van der Waals surface area contributed by atoms with Crippen LogP contribution in [0.15, 0.2) is 78.9 Å². The molecule has 0 aliphatic heterocycles. The van der Waals surface area contributed by atoms with Crippen LogP contribution < -0.4 is 5.32 Å². The van der Waals surface area contributed by atoms with Crippen LogP contribution in [0, 0.1) is 0 Å². The molecule has 0 bridgehead atoms. The largest absolute Gasteiger partial charge is 0.355 e. The van der Waals surface area contributed by atoms with Crippen LogP contribution in [0.1, 0.15) is 23.6 Å². The number of carbonyl (C=O) groups excluding carboxylic acids is 2. The number of halogens is 2. The van der Waals surface area contributed by atoms with Crippen LogP contribution in [0.25, 0.3) is 0 Å². The Hall–Kier alpha value is -2.47. The highest BCUT2D eigenvalue weighted by Gasteiger charge is 2.30. The van der Waals surface area contributed by atoms with E-state index in [1.165, 1.54) is 11.8 Å². The predicted molar refractivity (Wildman–Crippen MR) is 142 cm³/mol. The van der Waals surface area contributed by atoms with Crippen molar-refractivity contribution in [3.05, 3.63) is 106 Å². The Labute approximate surface area is 215 Å². The third-order valence-corrected chi connectivity index (χ3v) is 6.88. The molecule has 0 fully saturated rings. The maximum absolute atomic E-state index is 13.5. The van der Waals surface area contributed by atoms with E-state index in [2.05, 4.69) is 5.32 Å². The summed E-state index contributed by atoms with van der Waals surface area (Å²) in [6.45, 7) is 2.66. The highest BCUT2D eigenvalue weighted by molar-refractivity contribution is 7.99. The molecule has 0 spiro atoms. The van der Waals surface area contributed by atoms with Gasteiger partial charge in [0.1, 0.15) is 6.04 Å². The van der Waals surface area contributed by atoms with Crippen LogP contribution >= 0.6 is 35.0 Å². The zero-order chi connectivity index (χ0) is 24.3. The minimum Gasteiger partial charge on any atom is -0.355 e. The van der Waals surface area contributed by atoms with Crippen molar-refractivity contribution in [1.82, 2.24) is 10.2 Å². The Bertz CT molecular complexity index is 1090. The molecule has 3 aromatic rings. The molecule has 0 saturated heterocycles. The van der Waals surface area contributed by atoms with E-state index in [1.54, 1.807) is 11.0 Å². The summed E-state index contributed by atoms with van der Waals surface area (Å²) >= 11 is 13.9. The molecule has 1 unspecified atom stereocenters. The second kappa shape index (κ2) is 13.4. The van der Waals surface area contributed by atoms with Gasteiger partial charge in [-0.1, -0.05) is 83.9 Å². The molecule has 0 aromatic heterocycles. The number of hydrogen-bond donors (Lipinski definition) is 1. The monoisotopic (exact) mass is 514 g/mol. The molecule has 1 atom stereocenters. The third-order valence-electron chi connectivity index (χ3n) is 5.30. The van der Waals surface area contributed by atoms with Crippen LogP contribution in [0.5, 0.6) is 0 Å². The van der Waals surface area contributed by atoms with E-state index in [0.29, 0.717) is 35.3 Å². The number of likely N-dealkylation sites (N-methyl/N-ethyl adjacent to an activating group) is 1. The van der Waals surface area contributed by atoms with Crippen LogP contribution in [-0.2, 0) is 28.3 Å². The number of benzene rings is 3. The van der Waals surface area contributed by atoms with Crippen molar-refractivity contribution in [1.29, 1.82) is 0 Å². The van der Waals surface area contributed by atoms with Gasteiger partial charge >= 0.3 is 0 Å². The van der Waals surface area contributed by atoms with E-state index in [-0.39, 0.29) is 17.6 Å². The number of carbonyl (C=O) groups is 2. The Morgan fingerprint density at radius 1 is 0.941 bits per heavy atom. The number of nitrogens with zero attached hydrogens (tertiary/aromatic N) is 1. The van der Waals surface area contributed by atoms with Gasteiger partial charge in [-0.2, -0.15) is 0 Å². The van der Waals surface area contributed by atoms with Crippen molar-refractivity contribution in [3.8, 4) is 0 Å². The zero-order valence-electron chi connectivity index (χ0n) is 19.0. The summed E-state index contributed by atoms with van der Waals surface area (Å²) in [6, 6.07) is 24.1. The summed E-state index contributed by atoms with van der Waals surface area (Å²) in [5.74, 6) is 0.569. The van der Waals surface area contributed by atoms with Crippen molar-refractivity contribution in [2.24, 2.45) is 0 Å². The molecule has 2 amide bonds. The number of amides is 2. The lowest BCUT2D eigenvalue weighted by molar-refractivity contribution is -0.139. The quantitative estimate of drug-likeness (QED) is 0.341. The van der Waals surface area contributed by atoms with Gasteiger partial charge in [0.2, 0.25) is 11.8 Å². The van der Waals surface area contributed by atoms with Crippen molar-refractivity contribution in [2.75, 3.05) is 12.3 Å². The van der Waals surface area contributed by atoms with E-state index < -0.39 is 6.04 Å². The summed E-state index contributed by atoms with van der Waals surface area (Å²) in [5.41, 5.74) is 2.85. The number of hydrogen-bond acceptors (Lipinski definition) is 3. The fraction of sp³-hybridized carbons (Fsp3) is 0.259. The van der Waals surface area contributed by atoms with E-state index in [9.17, 15) is 9.59 Å². The Balaban J connectivity index is 1.83. The molecule has 178 valence electrons. The number of nitrogens with one attached hydrogen (secondary N) is 1. The highest BCUT2D eigenvalue weighted by Crippen LogP contribution is 2.23. The average Bonchev–Trinajstić information content (AvgIpc) is 2.83. The first-order valence-corrected chi connectivity index (χ1v) is 13.1. The van der Waals surface area contributed by atoms with Gasteiger partial charge in [0.15, 0.2) is 0 Å². The maximum Gasteiger partial charge on any atom is 0.243 e. The molecule has 0 aliphatic rings. The van der Waals surface area contributed by atoms with Gasteiger partial charge in [-0.15, -0.1) is 11.8 Å². The van der Waals surface area contributed by atoms with Crippen LogP contribution in [0.4, 0.5) is 0 Å². The number of rotatable bonds is 11. The van der Waals surface area contributed by atoms with Crippen molar-refractivity contribution < 1.29 is 9.59 Å². The summed E-state index contributed by atoms with van der Waals surface area (Å²) < 4.78 is 0. The van der Waals surface area contributed by atoms with Crippen molar-refractivity contribution >= 4 is 46.8 Å². The zero-order valence-corrected chi connectivity index (χ0v) is 21.4. The fourth-order valence-corrected chi connectivity index (χ4v) is 5.03. The number of thioether (sulfide) groups is 1. The van der Waals surface area contributed by atoms with E-state index in [4.69, 9.17) is 23.2 Å². The molecule has 0 heterocycles. The molecule has 34 heavy (non-hydrogen) atoms. The van der Waals surface area contributed by atoms with Crippen LogP contribution in [0.3, 0.4) is 0 Å². The van der Waals surface area contributed by atoms with Gasteiger partial charge < -0.3 is 10.2 Å². The normalized spacial score (nSPS) is 11.6. The standard InChI is InChI=1S/C27H28Cl2N2O2S/c1-2-30-27(33)25(16-20-9-4-3-5-10-20)31(17-21-11-8-13-23(28)15-21)26(32)19-34-18-22-12-6-7-14-24(22)29/h3-15,25H,2,16-19H2,1H3,(H,30,33). The van der Waals surface area contributed by atoms with E-state index in [0.717, 1.165) is 16.7 Å². The molecule has 4 nitrogen and oxygen atoms in total. The first-order chi connectivity index (χ1) is 16.5. The Kier molecular flexibility index (Phi) is 10.3. The summed E-state index contributed by atoms with van der Waals surface area (Å²) in [7, 11) is 0. The summed E-state index contributed by atoms with van der Waals surface area (Å²) in [5, 5.41) is 4.18. The Morgan fingerprint density at radius 3 is 2.35 bits per heavy atom. The topological polar surface area (TPSA) is 49.4 Å². The van der Waals surface area contributed by atoms with Crippen molar-refractivity contribution in [2.45, 2.75) is 31.7 Å². The van der Waals surface area contributed by atoms with E-state index in [1.807, 2.05) is 79.7 Å². The molecule has 1 N–H and O–H groups in total. The van der Waals surface area contributed by atoms with Gasteiger partial charge in [0.05, 0.1) is 5.75 Å². The van der Waals surface area contributed by atoms with E-state index >= 15 is 0 Å². The highest BCUT2D eigenvalue weighted by atomic mass is 35.5. The Morgan fingerprint density at radius 2 is 1.65 bits per heavy atom. The maximum atomic E-state index is 13.5. The lowest BCUT2D eigenvalue weighted by Gasteiger charge is -2.31. The third kappa shape index (κ3) is 7.79. The lowest BCUT2D eigenvalue weighted by atomic mass is 10.0. The molecule has 0 aliphatic carbocycles. The summed E-state index contributed by atoms with van der Waals surface area (Å²) in [4.78, 5) is 28.3.